The molecular formula is C27H18ClIN2O5S. The molecule has 0 aromatic heterocycles. The molecule has 10 heteroatoms. The number of ether oxygens (including phenoxy) is 2. The lowest BCUT2D eigenvalue weighted by molar-refractivity contribution is -0.122. The molecule has 1 aliphatic rings. The van der Waals surface area contributed by atoms with Crippen molar-refractivity contribution in [2.24, 2.45) is 0 Å². The highest BCUT2D eigenvalue weighted by atomic mass is 127. The van der Waals surface area contributed by atoms with Gasteiger partial charge in [0.1, 0.15) is 6.61 Å². The van der Waals surface area contributed by atoms with E-state index in [2.05, 4.69) is 28.7 Å². The summed E-state index contributed by atoms with van der Waals surface area (Å²) in [5.41, 5.74) is 2.26. The number of halogens is 2. The average molecular weight is 645 g/mol. The van der Waals surface area contributed by atoms with E-state index in [1.807, 2.05) is 12.1 Å². The lowest BCUT2D eigenvalue weighted by atomic mass is 10.1. The molecule has 3 aromatic rings. The molecule has 2 amide bonds. The zero-order valence-electron chi connectivity index (χ0n) is 19.4. The molecule has 0 radical (unpaired) electrons. The summed E-state index contributed by atoms with van der Waals surface area (Å²) >= 11 is 8.73. The number of thioether (sulfide) groups is 1. The van der Waals surface area contributed by atoms with Crippen LogP contribution >= 0.6 is 46.0 Å². The van der Waals surface area contributed by atoms with Gasteiger partial charge in [-0.05, 0) is 88.5 Å². The summed E-state index contributed by atoms with van der Waals surface area (Å²) in [5.74, 6) is 0.0232. The van der Waals surface area contributed by atoms with Crippen LogP contribution in [-0.2, 0) is 11.4 Å². The molecule has 1 fully saturated rings. The molecule has 3 aromatic carbocycles. The molecule has 37 heavy (non-hydrogen) atoms. The van der Waals surface area contributed by atoms with Crippen molar-refractivity contribution in [3.8, 4) is 17.6 Å². The third-order valence-corrected chi connectivity index (χ3v) is 7.36. The number of nitrogens with zero attached hydrogens (tertiary/aromatic N) is 2. The Labute approximate surface area is 236 Å². The van der Waals surface area contributed by atoms with Crippen molar-refractivity contribution in [2.75, 3.05) is 13.7 Å². The number of benzene rings is 3. The number of methoxy groups -OCH3 is 1. The third kappa shape index (κ3) is 6.15. The van der Waals surface area contributed by atoms with Crippen LogP contribution in [0.1, 0.15) is 27.0 Å². The van der Waals surface area contributed by atoms with Gasteiger partial charge in [-0.3, -0.25) is 19.3 Å². The van der Waals surface area contributed by atoms with E-state index in [9.17, 15) is 19.6 Å². The maximum absolute atomic E-state index is 12.9. The van der Waals surface area contributed by atoms with E-state index in [1.54, 1.807) is 54.6 Å². The maximum atomic E-state index is 12.9. The average Bonchev–Trinajstić information content (AvgIpc) is 3.15. The van der Waals surface area contributed by atoms with E-state index >= 15 is 0 Å². The zero-order valence-corrected chi connectivity index (χ0v) is 23.1. The Kier molecular flexibility index (Phi) is 8.53. The van der Waals surface area contributed by atoms with Gasteiger partial charge in [-0.15, -0.1) is 0 Å². The lowest BCUT2D eigenvalue weighted by Crippen LogP contribution is -2.33. The SMILES string of the molecule is COc1cc(/C=C2/SC(=O)N(CC(=O)c3ccc(Cl)cc3)C2=O)cc(I)c1OCc1ccccc1C#N. The van der Waals surface area contributed by atoms with Crippen LogP contribution < -0.4 is 9.47 Å². The first-order valence-corrected chi connectivity index (χ1v) is 13.1. The highest BCUT2D eigenvalue weighted by Gasteiger charge is 2.36. The summed E-state index contributed by atoms with van der Waals surface area (Å²) in [5, 5.41) is 9.27. The van der Waals surface area contributed by atoms with E-state index in [-0.39, 0.29) is 23.8 Å². The second-order valence-corrected chi connectivity index (χ2v) is 10.4. The summed E-state index contributed by atoms with van der Waals surface area (Å²) in [6, 6.07) is 19.1. The van der Waals surface area contributed by atoms with Crippen molar-refractivity contribution >= 4 is 69.0 Å². The van der Waals surface area contributed by atoms with Crippen molar-refractivity contribution in [3.63, 3.8) is 0 Å². The van der Waals surface area contributed by atoms with Crippen LogP contribution in [-0.4, -0.2) is 35.5 Å². The molecule has 0 bridgehead atoms. The van der Waals surface area contributed by atoms with E-state index in [0.717, 1.165) is 25.8 Å². The Bertz CT molecular complexity index is 1470. The number of nitriles is 1. The van der Waals surface area contributed by atoms with Crippen LogP contribution in [0.3, 0.4) is 0 Å². The van der Waals surface area contributed by atoms with Crippen LogP contribution in [0.5, 0.6) is 11.5 Å². The Morgan fingerprint density at radius 1 is 1.16 bits per heavy atom. The smallest absolute Gasteiger partial charge is 0.293 e. The standard InChI is InChI=1S/C27H18ClIN2O5S/c1-35-23-11-16(10-21(29)25(23)36-15-19-5-3-2-4-18(19)13-30)12-24-26(33)31(27(34)37-24)14-22(32)17-6-8-20(28)9-7-17/h2-12H,14-15H2,1H3/b24-12+. The predicted octanol–water partition coefficient (Wildman–Crippen LogP) is 6.32. The third-order valence-electron chi connectivity index (χ3n) is 5.40. The molecule has 0 aliphatic carbocycles. The van der Waals surface area contributed by atoms with Gasteiger partial charge in [-0.25, -0.2) is 0 Å². The van der Waals surface area contributed by atoms with Crippen LogP contribution in [0.2, 0.25) is 5.02 Å². The van der Waals surface area contributed by atoms with E-state index in [1.165, 1.54) is 7.11 Å². The Balaban J connectivity index is 1.52. The minimum atomic E-state index is -0.542. The van der Waals surface area contributed by atoms with Gasteiger partial charge in [0.15, 0.2) is 17.3 Å². The van der Waals surface area contributed by atoms with Crippen molar-refractivity contribution in [1.29, 1.82) is 5.26 Å². The Morgan fingerprint density at radius 3 is 2.59 bits per heavy atom. The van der Waals surface area contributed by atoms with Gasteiger partial charge in [-0.2, -0.15) is 5.26 Å². The van der Waals surface area contributed by atoms with Gasteiger partial charge < -0.3 is 9.47 Å². The number of amides is 2. The fourth-order valence-electron chi connectivity index (χ4n) is 3.53. The van der Waals surface area contributed by atoms with Crippen LogP contribution in [0.25, 0.3) is 6.08 Å². The maximum Gasteiger partial charge on any atom is 0.293 e. The second-order valence-electron chi connectivity index (χ2n) is 7.79. The van der Waals surface area contributed by atoms with Gasteiger partial charge in [0.2, 0.25) is 0 Å². The fourth-order valence-corrected chi connectivity index (χ4v) is 5.27. The first kappa shape index (κ1) is 26.7. The number of ketones is 1. The molecule has 1 saturated heterocycles. The number of rotatable bonds is 8. The van der Waals surface area contributed by atoms with Crippen molar-refractivity contribution in [1.82, 2.24) is 4.90 Å². The van der Waals surface area contributed by atoms with Gasteiger partial charge >= 0.3 is 0 Å². The highest BCUT2D eigenvalue weighted by Crippen LogP contribution is 2.38. The molecule has 0 atom stereocenters. The summed E-state index contributed by atoms with van der Waals surface area (Å²) in [7, 11) is 1.50. The van der Waals surface area contributed by atoms with Crippen molar-refractivity contribution in [3.05, 3.63) is 96.4 Å². The number of hydrogen-bond acceptors (Lipinski definition) is 7. The Hall–Kier alpha value is -3.33. The summed E-state index contributed by atoms with van der Waals surface area (Å²) < 4.78 is 12.2. The topological polar surface area (TPSA) is 96.7 Å². The van der Waals surface area contributed by atoms with Gasteiger partial charge in [0.25, 0.3) is 11.1 Å². The number of hydrogen-bond donors (Lipinski definition) is 0. The molecule has 4 rings (SSSR count). The molecule has 186 valence electrons. The molecule has 0 N–H and O–H groups in total. The predicted molar refractivity (Wildman–Crippen MR) is 150 cm³/mol. The van der Waals surface area contributed by atoms with E-state index in [4.69, 9.17) is 21.1 Å². The zero-order chi connectivity index (χ0) is 26.5. The molecule has 0 saturated carbocycles. The van der Waals surface area contributed by atoms with E-state index in [0.29, 0.717) is 33.2 Å². The second kappa shape index (κ2) is 11.8. The molecule has 1 aliphatic heterocycles. The van der Waals surface area contributed by atoms with Crippen LogP contribution in [0.4, 0.5) is 4.79 Å². The number of carbonyl (C=O) groups excluding carboxylic acids is 3. The quantitative estimate of drug-likeness (QED) is 0.161. The van der Waals surface area contributed by atoms with Gasteiger partial charge in [0.05, 0.1) is 33.8 Å². The van der Waals surface area contributed by atoms with Crippen LogP contribution in [0.15, 0.2) is 65.6 Å². The van der Waals surface area contributed by atoms with Crippen LogP contribution in [0, 0.1) is 14.9 Å². The largest absolute Gasteiger partial charge is 0.493 e. The molecule has 1 heterocycles. The number of Topliss-reactive ketones (excluding diaryl/α,β-unsaturated/α-hetero) is 1. The normalized spacial score (nSPS) is 14.1. The first-order valence-electron chi connectivity index (χ1n) is 10.8. The molecule has 0 spiro atoms. The highest BCUT2D eigenvalue weighted by molar-refractivity contribution is 14.1. The Morgan fingerprint density at radius 2 is 1.89 bits per heavy atom. The summed E-state index contributed by atoms with van der Waals surface area (Å²) in [4.78, 5) is 39.1. The number of carbonyl (C=O) groups is 3. The van der Waals surface area contributed by atoms with Crippen molar-refractivity contribution < 1.29 is 23.9 Å². The first-order chi connectivity index (χ1) is 17.8. The fraction of sp³-hybridized carbons (Fsp3) is 0.111. The minimum absolute atomic E-state index is 0.177. The van der Waals surface area contributed by atoms with Gasteiger partial charge in [0, 0.05) is 16.1 Å². The lowest BCUT2D eigenvalue weighted by Gasteiger charge is -2.14. The molecular weight excluding hydrogens is 627 g/mol. The molecule has 0 unspecified atom stereocenters. The molecule has 7 nitrogen and oxygen atoms in total. The van der Waals surface area contributed by atoms with Crippen molar-refractivity contribution in [2.45, 2.75) is 6.61 Å². The van der Waals surface area contributed by atoms with E-state index < -0.39 is 11.1 Å². The summed E-state index contributed by atoms with van der Waals surface area (Å²) in [6.45, 7) is -0.183. The minimum Gasteiger partial charge on any atom is -0.493 e. The number of imide groups is 1. The van der Waals surface area contributed by atoms with Gasteiger partial charge in [-0.1, -0.05) is 29.8 Å². The summed E-state index contributed by atoms with van der Waals surface area (Å²) in [6.07, 6.45) is 1.58. The monoisotopic (exact) mass is 644 g/mol.